The maximum Gasteiger partial charge on any atom is 0.255 e. The molecule has 1 aliphatic rings. The van der Waals surface area contributed by atoms with Gasteiger partial charge in [0, 0.05) is 29.1 Å². The van der Waals surface area contributed by atoms with Crippen LogP contribution in [0, 0.1) is 6.92 Å². The van der Waals surface area contributed by atoms with Crippen LogP contribution in [0.1, 0.15) is 33.8 Å². The minimum atomic E-state index is 0.0515. The van der Waals surface area contributed by atoms with Gasteiger partial charge in [-0.1, -0.05) is 24.3 Å². The van der Waals surface area contributed by atoms with Crippen molar-refractivity contribution in [1.82, 2.24) is 9.88 Å². The number of pyridine rings is 1. The minimum absolute atomic E-state index is 0.0515. The molecule has 1 amide bonds. The van der Waals surface area contributed by atoms with Crippen LogP contribution >= 0.6 is 11.3 Å². The molecular weight excluding hydrogens is 344 g/mol. The van der Waals surface area contributed by atoms with Crippen molar-refractivity contribution in [2.24, 2.45) is 0 Å². The van der Waals surface area contributed by atoms with Gasteiger partial charge in [0.25, 0.3) is 5.91 Å². The molecule has 1 unspecified atom stereocenters. The number of aryl methyl sites for hydroxylation is 1. The van der Waals surface area contributed by atoms with E-state index in [1.807, 2.05) is 48.2 Å². The number of amides is 1. The van der Waals surface area contributed by atoms with E-state index in [-0.39, 0.29) is 12.0 Å². The molecule has 26 heavy (non-hydrogen) atoms. The van der Waals surface area contributed by atoms with Gasteiger partial charge in [0.05, 0.1) is 23.7 Å². The van der Waals surface area contributed by atoms with Crippen LogP contribution in [-0.4, -0.2) is 35.0 Å². The summed E-state index contributed by atoms with van der Waals surface area (Å²) >= 11 is 1.68. The molecule has 0 bridgehead atoms. The third-order valence-electron chi connectivity index (χ3n) is 4.74. The van der Waals surface area contributed by atoms with Gasteiger partial charge in [-0.25, -0.2) is 0 Å². The first kappa shape index (κ1) is 17.2. The van der Waals surface area contributed by atoms with E-state index >= 15 is 0 Å². The fraction of sp³-hybridized carbons (Fsp3) is 0.333. The highest BCUT2D eigenvalue weighted by Crippen LogP contribution is 2.23. The van der Waals surface area contributed by atoms with Gasteiger partial charge in [0.15, 0.2) is 0 Å². The van der Waals surface area contributed by atoms with Crippen molar-refractivity contribution in [2.45, 2.75) is 32.4 Å². The Bertz CT molecular complexity index is 902. The van der Waals surface area contributed by atoms with Gasteiger partial charge in [0.2, 0.25) is 0 Å². The highest BCUT2D eigenvalue weighted by Gasteiger charge is 2.25. The summed E-state index contributed by atoms with van der Waals surface area (Å²) in [6.07, 6.45) is 2.22. The van der Waals surface area contributed by atoms with Crippen molar-refractivity contribution >= 4 is 28.1 Å². The van der Waals surface area contributed by atoms with Crippen LogP contribution in [0.3, 0.4) is 0 Å². The summed E-state index contributed by atoms with van der Waals surface area (Å²) in [7, 11) is 0. The number of benzene rings is 1. The molecule has 0 spiro atoms. The number of hydrogen-bond donors (Lipinski definition) is 0. The summed E-state index contributed by atoms with van der Waals surface area (Å²) in [5.41, 5.74) is 2.45. The summed E-state index contributed by atoms with van der Waals surface area (Å²) < 4.78 is 5.80. The third-order valence-corrected chi connectivity index (χ3v) is 5.60. The summed E-state index contributed by atoms with van der Waals surface area (Å²) in [5.74, 6) is 0.0515. The molecule has 1 atom stereocenters. The average Bonchev–Trinajstić information content (AvgIpc) is 3.34. The van der Waals surface area contributed by atoms with Gasteiger partial charge in [-0.05, 0) is 43.3 Å². The summed E-state index contributed by atoms with van der Waals surface area (Å²) in [6, 6.07) is 13.9. The lowest BCUT2D eigenvalue weighted by molar-refractivity contribution is 0.0511. The molecule has 1 saturated heterocycles. The van der Waals surface area contributed by atoms with E-state index < -0.39 is 0 Å². The first-order valence-electron chi connectivity index (χ1n) is 9.00. The predicted octanol–water partition coefficient (Wildman–Crippen LogP) is 4.43. The fourth-order valence-corrected chi connectivity index (χ4v) is 4.22. The zero-order valence-corrected chi connectivity index (χ0v) is 15.7. The highest BCUT2D eigenvalue weighted by atomic mass is 32.1. The molecule has 4 nitrogen and oxygen atoms in total. The van der Waals surface area contributed by atoms with E-state index in [9.17, 15) is 4.79 Å². The SMILES string of the molecule is Cc1cc(C(=O)N(Cc2cccs2)CC2CCCO2)c2ccccc2n1. The number of para-hydroxylation sites is 1. The number of thiophene rings is 1. The topological polar surface area (TPSA) is 42.4 Å². The number of aromatic nitrogens is 1. The number of fused-ring (bicyclic) bond motifs is 1. The zero-order valence-electron chi connectivity index (χ0n) is 14.9. The molecule has 3 heterocycles. The van der Waals surface area contributed by atoms with Gasteiger partial charge in [0.1, 0.15) is 0 Å². The molecular formula is C21H22N2O2S. The Morgan fingerprint density at radius 1 is 1.31 bits per heavy atom. The van der Waals surface area contributed by atoms with Gasteiger partial charge < -0.3 is 9.64 Å². The van der Waals surface area contributed by atoms with Gasteiger partial charge >= 0.3 is 0 Å². The average molecular weight is 366 g/mol. The van der Waals surface area contributed by atoms with Gasteiger partial charge in [-0.3, -0.25) is 9.78 Å². The molecule has 4 rings (SSSR count). The number of ether oxygens (including phenoxy) is 1. The summed E-state index contributed by atoms with van der Waals surface area (Å²) in [5, 5.41) is 2.96. The van der Waals surface area contributed by atoms with E-state index in [4.69, 9.17) is 4.74 Å². The molecule has 1 aliphatic heterocycles. The molecule has 0 N–H and O–H groups in total. The van der Waals surface area contributed by atoms with E-state index in [0.717, 1.165) is 41.6 Å². The van der Waals surface area contributed by atoms with Crippen molar-refractivity contribution in [3.05, 3.63) is 64.0 Å². The van der Waals surface area contributed by atoms with Crippen LogP contribution in [0.15, 0.2) is 47.8 Å². The molecule has 0 radical (unpaired) electrons. The van der Waals surface area contributed by atoms with Crippen LogP contribution in [-0.2, 0) is 11.3 Å². The van der Waals surface area contributed by atoms with Crippen molar-refractivity contribution < 1.29 is 9.53 Å². The lowest BCUT2D eigenvalue weighted by Gasteiger charge is -2.26. The fourth-order valence-electron chi connectivity index (χ4n) is 3.50. The zero-order chi connectivity index (χ0) is 17.9. The van der Waals surface area contributed by atoms with E-state index in [2.05, 4.69) is 16.4 Å². The molecule has 0 aliphatic carbocycles. The quantitative estimate of drug-likeness (QED) is 0.671. The summed E-state index contributed by atoms with van der Waals surface area (Å²) in [6.45, 7) is 3.98. The monoisotopic (exact) mass is 366 g/mol. The van der Waals surface area contributed by atoms with Crippen molar-refractivity contribution in [1.29, 1.82) is 0 Å². The van der Waals surface area contributed by atoms with Crippen LogP contribution < -0.4 is 0 Å². The summed E-state index contributed by atoms with van der Waals surface area (Å²) in [4.78, 5) is 21.2. The van der Waals surface area contributed by atoms with Crippen molar-refractivity contribution in [3.8, 4) is 0 Å². The third kappa shape index (κ3) is 3.64. The van der Waals surface area contributed by atoms with Crippen LogP contribution in [0.25, 0.3) is 10.9 Å². The maximum absolute atomic E-state index is 13.5. The molecule has 1 aromatic carbocycles. The number of nitrogens with zero attached hydrogens (tertiary/aromatic N) is 2. The van der Waals surface area contributed by atoms with E-state index in [1.165, 1.54) is 4.88 Å². The Morgan fingerprint density at radius 2 is 2.19 bits per heavy atom. The first-order valence-corrected chi connectivity index (χ1v) is 9.88. The van der Waals surface area contributed by atoms with Gasteiger partial charge in [-0.15, -0.1) is 11.3 Å². The number of carbonyl (C=O) groups excluding carboxylic acids is 1. The lowest BCUT2D eigenvalue weighted by atomic mass is 10.1. The van der Waals surface area contributed by atoms with E-state index in [0.29, 0.717) is 13.1 Å². The Hall–Kier alpha value is -2.24. The van der Waals surface area contributed by atoms with Crippen molar-refractivity contribution in [3.63, 3.8) is 0 Å². The van der Waals surface area contributed by atoms with Crippen LogP contribution in [0.2, 0.25) is 0 Å². The second kappa shape index (κ2) is 7.56. The standard InChI is InChI=1S/C21H22N2O2S/c1-15-12-19(18-8-2-3-9-20(18)22-15)21(24)23(13-16-6-4-10-25-16)14-17-7-5-11-26-17/h2-3,5,7-9,11-12,16H,4,6,10,13-14H2,1H3. The molecule has 0 saturated carbocycles. The highest BCUT2D eigenvalue weighted by molar-refractivity contribution is 7.09. The number of carbonyl (C=O) groups is 1. The smallest absolute Gasteiger partial charge is 0.255 e. The molecule has 134 valence electrons. The predicted molar refractivity (Wildman–Crippen MR) is 105 cm³/mol. The number of rotatable bonds is 5. The van der Waals surface area contributed by atoms with Crippen LogP contribution in [0.5, 0.6) is 0 Å². The van der Waals surface area contributed by atoms with E-state index in [1.54, 1.807) is 11.3 Å². The molecule has 5 heteroatoms. The Balaban J connectivity index is 1.69. The minimum Gasteiger partial charge on any atom is -0.376 e. The Labute approximate surface area is 157 Å². The lowest BCUT2D eigenvalue weighted by Crippen LogP contribution is -2.37. The second-order valence-electron chi connectivity index (χ2n) is 6.73. The second-order valence-corrected chi connectivity index (χ2v) is 7.76. The molecule has 1 fully saturated rings. The first-order chi connectivity index (χ1) is 12.7. The molecule has 3 aromatic rings. The number of hydrogen-bond acceptors (Lipinski definition) is 4. The van der Waals surface area contributed by atoms with Crippen LogP contribution in [0.4, 0.5) is 0 Å². The Kier molecular flexibility index (Phi) is 5.00. The Morgan fingerprint density at radius 3 is 2.96 bits per heavy atom. The largest absolute Gasteiger partial charge is 0.376 e. The normalized spacial score (nSPS) is 16.9. The molecule has 2 aromatic heterocycles. The van der Waals surface area contributed by atoms with Gasteiger partial charge in [-0.2, -0.15) is 0 Å². The maximum atomic E-state index is 13.5. The van der Waals surface area contributed by atoms with Crippen molar-refractivity contribution in [2.75, 3.05) is 13.2 Å².